The van der Waals surface area contributed by atoms with Crippen LogP contribution in [0.3, 0.4) is 0 Å². The Bertz CT molecular complexity index is 1630. The Hall–Kier alpha value is -3.40. The highest BCUT2D eigenvalue weighted by atomic mass is 32.2. The van der Waals surface area contributed by atoms with Crippen LogP contribution in [0.2, 0.25) is 0 Å². The molecule has 15 heteroatoms. The van der Waals surface area contributed by atoms with Gasteiger partial charge in [0.1, 0.15) is 23.3 Å². The molecule has 1 aliphatic rings. The van der Waals surface area contributed by atoms with Crippen molar-refractivity contribution in [3.05, 3.63) is 53.7 Å². The molecule has 3 heterocycles. The first-order valence-electron chi connectivity index (χ1n) is 12.2. The Kier molecular flexibility index (Phi) is 7.90. The van der Waals surface area contributed by atoms with Gasteiger partial charge in [-0.15, -0.1) is 11.3 Å². The maximum atomic E-state index is 13.8. The van der Waals surface area contributed by atoms with E-state index in [9.17, 15) is 26.0 Å². The summed E-state index contributed by atoms with van der Waals surface area (Å²) in [5.41, 5.74) is 0.513. The number of hydrogen-bond donors (Lipinski definition) is 3. The van der Waals surface area contributed by atoms with Crippen molar-refractivity contribution in [3.63, 3.8) is 0 Å². The molecule has 4 aromatic rings. The molecule has 0 saturated carbocycles. The lowest BCUT2D eigenvalue weighted by Crippen LogP contribution is -2.44. The Labute approximate surface area is 231 Å². The number of piperidine rings is 1. The van der Waals surface area contributed by atoms with E-state index in [4.69, 9.17) is 4.74 Å². The Balaban J connectivity index is 1.45. The molecule has 1 aliphatic heterocycles. The summed E-state index contributed by atoms with van der Waals surface area (Å²) in [7, 11) is -4.47. The molecule has 5 rings (SSSR count). The molecule has 2 atom stereocenters. The smallest absolute Gasteiger partial charge is 0.402 e. The molecule has 0 bridgehead atoms. The van der Waals surface area contributed by atoms with Crippen molar-refractivity contribution in [1.82, 2.24) is 25.0 Å². The number of nitrogens with zero attached hydrogens (tertiary/aromatic N) is 3. The number of nitrogens with one attached hydrogen (secondary N) is 3. The standard InChI is InChI=1S/C25H24F4N6O3S2/c1-14-33-23(22(39-14)19-8-9-31-24(35-19)34-16-10-15(26)11-30-12-16)38-20-6-7-21(18-5-3-2-4-17(18)20)40(36,37)32-13-25(27,28)29/h2-9,15-16,30,32H,10-13H2,1H3,(H,31,34,35)/t15-,16-/m0/s1. The van der Waals surface area contributed by atoms with Crippen molar-refractivity contribution in [1.29, 1.82) is 0 Å². The van der Waals surface area contributed by atoms with E-state index >= 15 is 0 Å². The molecule has 0 unspecified atom stereocenters. The van der Waals surface area contributed by atoms with Gasteiger partial charge in [0.05, 0.1) is 15.6 Å². The molecule has 2 aromatic carbocycles. The molecule has 1 fully saturated rings. The van der Waals surface area contributed by atoms with Gasteiger partial charge in [-0.05, 0) is 25.1 Å². The monoisotopic (exact) mass is 596 g/mol. The summed E-state index contributed by atoms with van der Waals surface area (Å²) >= 11 is 1.32. The molecule has 40 heavy (non-hydrogen) atoms. The minimum atomic E-state index is -4.70. The second-order valence-corrected chi connectivity index (χ2v) is 12.1. The van der Waals surface area contributed by atoms with Gasteiger partial charge in [-0.3, -0.25) is 0 Å². The number of ether oxygens (including phenoxy) is 1. The Morgan fingerprint density at radius 2 is 1.88 bits per heavy atom. The normalized spacial score (nSPS) is 18.1. The third-order valence-electron chi connectivity index (χ3n) is 6.02. The maximum absolute atomic E-state index is 13.8. The zero-order valence-electron chi connectivity index (χ0n) is 21.0. The summed E-state index contributed by atoms with van der Waals surface area (Å²) in [4.78, 5) is 13.6. The first-order chi connectivity index (χ1) is 19.0. The summed E-state index contributed by atoms with van der Waals surface area (Å²) in [6.07, 6.45) is -3.77. The second kappa shape index (κ2) is 11.2. The van der Waals surface area contributed by atoms with E-state index in [0.717, 1.165) is 0 Å². The number of alkyl halides is 4. The highest BCUT2D eigenvalue weighted by Crippen LogP contribution is 2.40. The van der Waals surface area contributed by atoms with Crippen LogP contribution in [0.4, 0.5) is 23.5 Å². The SMILES string of the molecule is Cc1nc(Oc2ccc(S(=O)(=O)NCC(F)(F)F)c3ccccc23)c(-c2ccnc(N[C@@H]3CNC[C@@H](F)C3)n2)s1. The largest absolute Gasteiger partial charge is 0.437 e. The van der Waals surface area contributed by atoms with E-state index < -0.39 is 28.9 Å². The highest BCUT2D eigenvalue weighted by Gasteiger charge is 2.31. The van der Waals surface area contributed by atoms with E-state index in [0.29, 0.717) is 46.4 Å². The van der Waals surface area contributed by atoms with Gasteiger partial charge in [-0.1, -0.05) is 24.3 Å². The average Bonchev–Trinajstić information content (AvgIpc) is 3.27. The van der Waals surface area contributed by atoms with Crippen LogP contribution in [0.25, 0.3) is 21.3 Å². The number of hydrogen-bond acceptors (Lipinski definition) is 9. The van der Waals surface area contributed by atoms with Crippen molar-refractivity contribution < 1.29 is 30.7 Å². The van der Waals surface area contributed by atoms with Crippen LogP contribution >= 0.6 is 11.3 Å². The third-order valence-corrected chi connectivity index (χ3v) is 8.46. The molecular formula is C25H24F4N6O3S2. The molecule has 3 N–H and O–H groups in total. The van der Waals surface area contributed by atoms with Crippen LogP contribution < -0.4 is 20.1 Å². The Morgan fingerprint density at radius 1 is 1.10 bits per heavy atom. The molecule has 0 radical (unpaired) electrons. The first-order valence-corrected chi connectivity index (χ1v) is 14.5. The fourth-order valence-electron chi connectivity index (χ4n) is 4.30. The van der Waals surface area contributed by atoms with E-state index in [1.165, 1.54) is 29.5 Å². The Morgan fingerprint density at radius 3 is 2.62 bits per heavy atom. The summed E-state index contributed by atoms with van der Waals surface area (Å²) in [6, 6.07) is 10.4. The van der Waals surface area contributed by atoms with E-state index in [2.05, 4.69) is 25.6 Å². The number of anilines is 1. The highest BCUT2D eigenvalue weighted by molar-refractivity contribution is 7.89. The van der Waals surface area contributed by atoms with Gasteiger partial charge in [0, 0.05) is 42.5 Å². The van der Waals surface area contributed by atoms with Crippen molar-refractivity contribution in [2.75, 3.05) is 25.0 Å². The number of benzene rings is 2. The molecule has 0 aliphatic carbocycles. The van der Waals surface area contributed by atoms with Gasteiger partial charge in [0.2, 0.25) is 21.9 Å². The molecule has 9 nitrogen and oxygen atoms in total. The van der Waals surface area contributed by atoms with Gasteiger partial charge >= 0.3 is 6.18 Å². The van der Waals surface area contributed by atoms with Gasteiger partial charge in [0.25, 0.3) is 0 Å². The lowest BCUT2D eigenvalue weighted by atomic mass is 10.1. The van der Waals surface area contributed by atoms with E-state index in [1.807, 2.05) is 0 Å². The van der Waals surface area contributed by atoms with Crippen LogP contribution in [0, 0.1) is 6.92 Å². The van der Waals surface area contributed by atoms with Crippen LogP contribution in [0.5, 0.6) is 11.6 Å². The van der Waals surface area contributed by atoms with Crippen molar-refractivity contribution in [2.24, 2.45) is 0 Å². The van der Waals surface area contributed by atoms with Crippen LogP contribution in [0.15, 0.2) is 53.6 Å². The van der Waals surface area contributed by atoms with Crippen molar-refractivity contribution >= 4 is 38.1 Å². The topological polar surface area (TPSA) is 118 Å². The van der Waals surface area contributed by atoms with Crippen LogP contribution in [-0.2, 0) is 10.0 Å². The number of aryl methyl sites for hydroxylation is 1. The molecule has 212 valence electrons. The first kappa shape index (κ1) is 28.1. The molecule has 1 saturated heterocycles. The molecule has 0 spiro atoms. The minimum Gasteiger partial charge on any atom is -0.437 e. The lowest BCUT2D eigenvalue weighted by Gasteiger charge is -2.26. The zero-order valence-corrected chi connectivity index (χ0v) is 22.6. The predicted molar refractivity (Wildman–Crippen MR) is 143 cm³/mol. The number of aromatic nitrogens is 3. The third kappa shape index (κ3) is 6.49. The van der Waals surface area contributed by atoms with E-state index in [-0.39, 0.29) is 28.0 Å². The van der Waals surface area contributed by atoms with Gasteiger partial charge in [-0.25, -0.2) is 32.5 Å². The zero-order chi connectivity index (χ0) is 28.5. The van der Waals surface area contributed by atoms with E-state index in [1.54, 1.807) is 42.1 Å². The lowest BCUT2D eigenvalue weighted by molar-refractivity contribution is -0.121. The quantitative estimate of drug-likeness (QED) is 0.248. The summed E-state index contributed by atoms with van der Waals surface area (Å²) in [5, 5.41) is 7.39. The number of rotatable bonds is 8. The molecular weight excluding hydrogens is 572 g/mol. The average molecular weight is 597 g/mol. The summed E-state index contributed by atoms with van der Waals surface area (Å²) in [6.45, 7) is 0.986. The van der Waals surface area contributed by atoms with Crippen molar-refractivity contribution in [3.8, 4) is 22.2 Å². The fraction of sp³-hybridized carbons (Fsp3) is 0.320. The number of sulfonamides is 1. The van der Waals surface area contributed by atoms with Gasteiger partial charge in [-0.2, -0.15) is 13.2 Å². The molecule has 2 aromatic heterocycles. The number of halogens is 4. The summed E-state index contributed by atoms with van der Waals surface area (Å²) in [5.74, 6) is 0.791. The van der Waals surface area contributed by atoms with Gasteiger partial charge < -0.3 is 15.4 Å². The van der Waals surface area contributed by atoms with Crippen molar-refractivity contribution in [2.45, 2.75) is 36.6 Å². The van der Waals surface area contributed by atoms with Crippen LogP contribution in [0.1, 0.15) is 11.4 Å². The van der Waals surface area contributed by atoms with Crippen LogP contribution in [-0.4, -0.2) is 61.4 Å². The minimum absolute atomic E-state index is 0.176. The maximum Gasteiger partial charge on any atom is 0.402 e. The summed E-state index contributed by atoms with van der Waals surface area (Å²) < 4.78 is 84.9. The molecule has 0 amide bonds. The fourth-order valence-corrected chi connectivity index (χ4v) is 6.34. The number of fused-ring (bicyclic) bond motifs is 1. The second-order valence-electron chi connectivity index (χ2n) is 9.11. The van der Waals surface area contributed by atoms with Gasteiger partial charge in [0.15, 0.2) is 0 Å². The number of thiazole rings is 1. The predicted octanol–water partition coefficient (Wildman–Crippen LogP) is 4.81.